The highest BCUT2D eigenvalue weighted by Crippen LogP contribution is 2.43. The summed E-state index contributed by atoms with van der Waals surface area (Å²) in [6, 6.07) is 22.5. The smallest absolute Gasteiger partial charge is 0.338 e. The molecular weight excluding hydrogens is 308 g/mol. The summed E-state index contributed by atoms with van der Waals surface area (Å²) < 4.78 is 5.56. The van der Waals surface area contributed by atoms with Crippen molar-refractivity contribution in [2.24, 2.45) is 0 Å². The van der Waals surface area contributed by atoms with Gasteiger partial charge in [-0.2, -0.15) is 0 Å². The molecule has 2 nitrogen and oxygen atoms in total. The Morgan fingerprint density at radius 1 is 0.840 bits per heavy atom. The minimum atomic E-state index is -0.400. The van der Waals surface area contributed by atoms with Gasteiger partial charge in [-0.05, 0) is 47.2 Å². The van der Waals surface area contributed by atoms with Gasteiger partial charge in [0.2, 0.25) is 0 Å². The molecule has 0 aromatic heterocycles. The molecule has 0 saturated heterocycles. The van der Waals surface area contributed by atoms with Crippen molar-refractivity contribution >= 4 is 5.97 Å². The maximum atomic E-state index is 12.0. The third-order valence-electron chi connectivity index (χ3n) is 4.58. The number of carbonyl (C=O) groups is 1. The molecule has 4 rings (SSSR count). The van der Waals surface area contributed by atoms with Crippen LogP contribution in [0.25, 0.3) is 22.3 Å². The van der Waals surface area contributed by atoms with Crippen LogP contribution >= 0.6 is 0 Å². The monoisotopic (exact) mass is 326 g/mol. The van der Waals surface area contributed by atoms with Crippen LogP contribution in [0.15, 0.2) is 78.9 Å². The van der Waals surface area contributed by atoms with E-state index in [4.69, 9.17) is 4.74 Å². The summed E-state index contributed by atoms with van der Waals surface area (Å²) in [7, 11) is 0. The van der Waals surface area contributed by atoms with Crippen LogP contribution in [0.4, 0.5) is 0 Å². The molecule has 25 heavy (non-hydrogen) atoms. The van der Waals surface area contributed by atoms with Crippen LogP contribution in [0.1, 0.15) is 18.1 Å². The maximum Gasteiger partial charge on any atom is 0.338 e. The highest BCUT2D eigenvalue weighted by molar-refractivity contribution is 5.91. The van der Waals surface area contributed by atoms with Crippen molar-refractivity contribution < 1.29 is 9.53 Å². The molecule has 1 aliphatic carbocycles. The predicted molar refractivity (Wildman–Crippen MR) is 101 cm³/mol. The molecule has 2 heteroatoms. The Morgan fingerprint density at radius 3 is 2.20 bits per heavy atom. The zero-order valence-corrected chi connectivity index (χ0v) is 14.1. The molecule has 0 bridgehead atoms. The molecule has 0 heterocycles. The van der Waals surface area contributed by atoms with Crippen LogP contribution in [-0.4, -0.2) is 5.97 Å². The number of para-hydroxylation sites is 1. The lowest BCUT2D eigenvalue weighted by Gasteiger charge is -2.13. The van der Waals surface area contributed by atoms with Crippen molar-refractivity contribution in [1.29, 1.82) is 0 Å². The molecular formula is C23H18O2. The van der Waals surface area contributed by atoms with Crippen LogP contribution in [0.2, 0.25) is 0 Å². The Bertz CT molecular complexity index is 998. The largest absolute Gasteiger partial charge is 0.423 e. The number of rotatable bonds is 3. The lowest BCUT2D eigenvalue weighted by Crippen LogP contribution is -2.09. The van der Waals surface area contributed by atoms with Crippen molar-refractivity contribution in [3.8, 4) is 28.0 Å². The number of hydrogen-bond acceptors (Lipinski definition) is 2. The Balaban J connectivity index is 1.83. The number of hydrogen-bond donors (Lipinski definition) is 0. The predicted octanol–water partition coefficient (Wildman–Crippen LogP) is 5.41. The van der Waals surface area contributed by atoms with Crippen LogP contribution in [0.3, 0.4) is 0 Å². The number of fused-ring (bicyclic) bond motifs is 3. The quantitative estimate of drug-likeness (QED) is 0.286. The van der Waals surface area contributed by atoms with Crippen LogP contribution in [0.5, 0.6) is 5.75 Å². The van der Waals surface area contributed by atoms with Crippen LogP contribution < -0.4 is 4.74 Å². The molecule has 122 valence electrons. The summed E-state index contributed by atoms with van der Waals surface area (Å²) in [5.74, 6) is 0.170. The number of benzene rings is 3. The van der Waals surface area contributed by atoms with Crippen molar-refractivity contribution in [2.75, 3.05) is 0 Å². The second-order valence-electron chi connectivity index (χ2n) is 6.33. The molecule has 0 radical (unpaired) electrons. The first kappa shape index (κ1) is 15.4. The SMILES string of the molecule is C=C(C)C(=O)Oc1ccccc1-c1cccc2c1Cc1ccccc1-2. The molecule has 0 fully saturated rings. The first-order valence-corrected chi connectivity index (χ1v) is 8.32. The summed E-state index contributed by atoms with van der Waals surface area (Å²) in [4.78, 5) is 12.0. The first-order chi connectivity index (χ1) is 12.1. The van der Waals surface area contributed by atoms with E-state index in [-0.39, 0.29) is 0 Å². The number of carbonyl (C=O) groups excluding carboxylic acids is 1. The van der Waals surface area contributed by atoms with Crippen molar-refractivity contribution in [2.45, 2.75) is 13.3 Å². The van der Waals surface area contributed by atoms with Crippen LogP contribution in [-0.2, 0) is 11.2 Å². The topological polar surface area (TPSA) is 26.3 Å². The van der Waals surface area contributed by atoms with Crippen molar-refractivity contribution in [3.63, 3.8) is 0 Å². The van der Waals surface area contributed by atoms with Gasteiger partial charge < -0.3 is 4.74 Å². The molecule has 0 amide bonds. The molecule has 0 aliphatic heterocycles. The third kappa shape index (κ3) is 2.66. The van der Waals surface area contributed by atoms with E-state index in [1.165, 1.54) is 22.3 Å². The van der Waals surface area contributed by atoms with Gasteiger partial charge in [0.05, 0.1) is 0 Å². The maximum absolute atomic E-state index is 12.0. The van der Waals surface area contributed by atoms with Gasteiger partial charge in [-0.25, -0.2) is 4.79 Å². The summed E-state index contributed by atoms with van der Waals surface area (Å²) >= 11 is 0. The summed E-state index contributed by atoms with van der Waals surface area (Å²) in [6.45, 7) is 5.32. The van der Waals surface area contributed by atoms with Gasteiger partial charge >= 0.3 is 5.97 Å². The van der Waals surface area contributed by atoms with E-state index in [1.807, 2.05) is 24.3 Å². The molecule has 0 saturated carbocycles. The van der Waals surface area contributed by atoms with E-state index in [2.05, 4.69) is 49.0 Å². The standard InChI is InChI=1S/C23H18O2/c1-15(2)23(24)25-22-13-6-5-10-20(22)19-12-7-11-18-17-9-4-3-8-16(17)14-21(18)19/h3-13H,1,14H2,2H3. The zero-order valence-electron chi connectivity index (χ0n) is 14.1. The summed E-state index contributed by atoms with van der Waals surface area (Å²) in [6.07, 6.45) is 0.893. The third-order valence-corrected chi connectivity index (χ3v) is 4.58. The minimum absolute atomic E-state index is 0.389. The van der Waals surface area contributed by atoms with E-state index in [0.29, 0.717) is 11.3 Å². The van der Waals surface area contributed by atoms with Crippen molar-refractivity contribution in [1.82, 2.24) is 0 Å². The average Bonchev–Trinajstić information content (AvgIpc) is 3.01. The van der Waals surface area contributed by atoms with Gasteiger partial charge in [0.1, 0.15) is 5.75 Å². The van der Waals surface area contributed by atoms with E-state index < -0.39 is 5.97 Å². The highest BCUT2D eigenvalue weighted by atomic mass is 16.5. The molecule has 1 aliphatic rings. The van der Waals surface area contributed by atoms with Crippen molar-refractivity contribution in [3.05, 3.63) is 90.0 Å². The Kier molecular flexibility index (Phi) is 3.73. The van der Waals surface area contributed by atoms with E-state index in [1.54, 1.807) is 6.92 Å². The highest BCUT2D eigenvalue weighted by Gasteiger charge is 2.22. The lowest BCUT2D eigenvalue weighted by molar-refractivity contribution is -0.130. The minimum Gasteiger partial charge on any atom is -0.423 e. The van der Waals surface area contributed by atoms with Gasteiger partial charge in [0, 0.05) is 11.1 Å². The van der Waals surface area contributed by atoms with E-state index >= 15 is 0 Å². The Labute approximate surface area is 147 Å². The van der Waals surface area contributed by atoms with Crippen LogP contribution in [0, 0.1) is 0 Å². The fourth-order valence-corrected chi connectivity index (χ4v) is 3.37. The molecule has 3 aromatic rings. The molecule has 0 spiro atoms. The first-order valence-electron chi connectivity index (χ1n) is 8.32. The summed E-state index contributed by atoms with van der Waals surface area (Å²) in [5, 5.41) is 0. The van der Waals surface area contributed by atoms with Gasteiger partial charge in [-0.1, -0.05) is 67.2 Å². The summed E-state index contributed by atoms with van der Waals surface area (Å²) in [5.41, 5.74) is 7.59. The zero-order chi connectivity index (χ0) is 17.4. The Morgan fingerprint density at radius 2 is 1.44 bits per heavy atom. The van der Waals surface area contributed by atoms with Gasteiger partial charge in [-0.15, -0.1) is 0 Å². The lowest BCUT2D eigenvalue weighted by atomic mass is 9.95. The fraction of sp³-hybridized carbons (Fsp3) is 0.0870. The van der Waals surface area contributed by atoms with E-state index in [9.17, 15) is 4.79 Å². The number of esters is 1. The van der Waals surface area contributed by atoms with Gasteiger partial charge in [-0.3, -0.25) is 0 Å². The molecule has 0 atom stereocenters. The molecule has 0 unspecified atom stereocenters. The van der Waals surface area contributed by atoms with E-state index in [0.717, 1.165) is 17.5 Å². The fourth-order valence-electron chi connectivity index (χ4n) is 3.37. The molecule has 0 N–H and O–H groups in total. The average molecular weight is 326 g/mol. The Hall–Kier alpha value is -3.13. The molecule has 3 aromatic carbocycles. The number of ether oxygens (including phenoxy) is 1. The second-order valence-corrected chi connectivity index (χ2v) is 6.33. The van der Waals surface area contributed by atoms with Gasteiger partial charge in [0.15, 0.2) is 0 Å². The van der Waals surface area contributed by atoms with Gasteiger partial charge in [0.25, 0.3) is 0 Å². The normalized spacial score (nSPS) is 11.6. The second kappa shape index (κ2) is 6.06.